The van der Waals surface area contributed by atoms with Gasteiger partial charge in [-0.3, -0.25) is 9.59 Å². The second kappa shape index (κ2) is 9.32. The topological polar surface area (TPSA) is 79.3 Å². The largest absolute Gasteiger partial charge is 0.481 e. The Labute approximate surface area is 152 Å². The van der Waals surface area contributed by atoms with Gasteiger partial charge in [0.2, 0.25) is 5.91 Å². The molecule has 0 bridgehead atoms. The summed E-state index contributed by atoms with van der Waals surface area (Å²) >= 11 is 1.44. The van der Waals surface area contributed by atoms with E-state index in [2.05, 4.69) is 41.5 Å². The summed E-state index contributed by atoms with van der Waals surface area (Å²) in [6, 6.07) is 8.42. The number of benzene rings is 1. The SMILES string of the molecule is CCCCc1ccc(-c2nc(NC(=O)CCCC(=O)O)sc2C)cc1. The molecular formula is C19H24N2O3S. The molecule has 1 aromatic carbocycles. The number of hydrogen-bond acceptors (Lipinski definition) is 4. The fraction of sp³-hybridized carbons (Fsp3) is 0.421. The summed E-state index contributed by atoms with van der Waals surface area (Å²) in [6.45, 7) is 4.17. The fourth-order valence-electron chi connectivity index (χ4n) is 2.51. The summed E-state index contributed by atoms with van der Waals surface area (Å²) in [6.07, 6.45) is 3.98. The van der Waals surface area contributed by atoms with Gasteiger partial charge in [-0.1, -0.05) is 37.6 Å². The highest BCUT2D eigenvalue weighted by atomic mass is 32.1. The second-order valence-electron chi connectivity index (χ2n) is 6.02. The normalized spacial score (nSPS) is 10.6. The maximum absolute atomic E-state index is 11.9. The second-order valence-corrected chi connectivity index (χ2v) is 7.22. The molecule has 0 saturated carbocycles. The molecule has 0 atom stereocenters. The Morgan fingerprint density at radius 1 is 1.16 bits per heavy atom. The molecule has 0 spiro atoms. The highest BCUT2D eigenvalue weighted by Crippen LogP contribution is 2.30. The van der Waals surface area contributed by atoms with Gasteiger partial charge in [0.05, 0.1) is 5.69 Å². The Kier molecular flexibility index (Phi) is 7.13. The predicted molar refractivity (Wildman–Crippen MR) is 101 cm³/mol. The van der Waals surface area contributed by atoms with Gasteiger partial charge in [-0.2, -0.15) is 0 Å². The molecule has 2 aromatic rings. The van der Waals surface area contributed by atoms with E-state index in [4.69, 9.17) is 5.11 Å². The lowest BCUT2D eigenvalue weighted by atomic mass is 10.0. The number of carbonyl (C=O) groups is 2. The van der Waals surface area contributed by atoms with Crippen LogP contribution in [0.1, 0.15) is 49.5 Å². The zero-order valence-electron chi connectivity index (χ0n) is 14.7. The number of carbonyl (C=O) groups excluding carboxylic acids is 1. The van der Waals surface area contributed by atoms with Gasteiger partial charge >= 0.3 is 5.97 Å². The molecule has 0 saturated heterocycles. The molecule has 25 heavy (non-hydrogen) atoms. The van der Waals surface area contributed by atoms with Crippen LogP contribution in [0.5, 0.6) is 0 Å². The number of hydrogen-bond donors (Lipinski definition) is 2. The summed E-state index contributed by atoms with van der Waals surface area (Å²) in [4.78, 5) is 27.9. The summed E-state index contributed by atoms with van der Waals surface area (Å²) < 4.78 is 0. The third-order valence-corrected chi connectivity index (χ3v) is 4.77. The fourth-order valence-corrected chi connectivity index (χ4v) is 3.36. The standard InChI is InChI=1S/C19H24N2O3S/c1-3-4-6-14-9-11-15(12-10-14)18-13(2)25-19(21-18)20-16(22)7-5-8-17(23)24/h9-12H,3-8H2,1-2H3,(H,23,24)(H,20,21,22). The smallest absolute Gasteiger partial charge is 0.303 e. The molecule has 0 aliphatic rings. The molecule has 5 nitrogen and oxygen atoms in total. The average molecular weight is 360 g/mol. The molecule has 2 N–H and O–H groups in total. The average Bonchev–Trinajstić information content (AvgIpc) is 2.93. The Morgan fingerprint density at radius 3 is 2.52 bits per heavy atom. The van der Waals surface area contributed by atoms with E-state index in [1.54, 1.807) is 0 Å². The number of carboxylic acids is 1. The summed E-state index contributed by atoms with van der Waals surface area (Å²) in [5.41, 5.74) is 3.25. The third-order valence-electron chi connectivity index (χ3n) is 3.88. The molecule has 0 radical (unpaired) electrons. The van der Waals surface area contributed by atoms with Gasteiger partial charge in [0.15, 0.2) is 5.13 Å². The van der Waals surface area contributed by atoms with E-state index >= 15 is 0 Å². The van der Waals surface area contributed by atoms with E-state index in [1.807, 2.05) is 6.92 Å². The number of carboxylic acid groups (broad SMARTS) is 1. The molecule has 0 fully saturated rings. The third kappa shape index (κ3) is 5.98. The number of aryl methyl sites for hydroxylation is 2. The number of rotatable bonds is 9. The van der Waals surface area contributed by atoms with Gasteiger partial charge in [0.1, 0.15) is 0 Å². The molecule has 1 heterocycles. The molecule has 1 amide bonds. The first-order chi connectivity index (χ1) is 12.0. The van der Waals surface area contributed by atoms with Gasteiger partial charge in [-0.15, -0.1) is 11.3 Å². The Bertz CT molecular complexity index is 723. The van der Waals surface area contributed by atoms with Crippen LogP contribution in [-0.2, 0) is 16.0 Å². The van der Waals surface area contributed by atoms with Crippen molar-refractivity contribution in [2.45, 2.75) is 52.4 Å². The van der Waals surface area contributed by atoms with E-state index in [1.165, 1.54) is 29.7 Å². The first-order valence-corrected chi connectivity index (χ1v) is 9.39. The van der Waals surface area contributed by atoms with Crippen LogP contribution >= 0.6 is 11.3 Å². The minimum atomic E-state index is -0.887. The van der Waals surface area contributed by atoms with Crippen LogP contribution in [0, 0.1) is 6.92 Å². The van der Waals surface area contributed by atoms with Crippen LogP contribution in [0.3, 0.4) is 0 Å². The molecule has 134 valence electrons. The number of anilines is 1. The first kappa shape index (κ1) is 19.1. The molecule has 0 aliphatic heterocycles. The first-order valence-electron chi connectivity index (χ1n) is 8.58. The molecular weight excluding hydrogens is 336 g/mol. The number of aromatic nitrogens is 1. The van der Waals surface area contributed by atoms with Crippen molar-refractivity contribution in [3.05, 3.63) is 34.7 Å². The van der Waals surface area contributed by atoms with Crippen molar-refractivity contribution < 1.29 is 14.7 Å². The van der Waals surface area contributed by atoms with Gasteiger partial charge in [0.25, 0.3) is 0 Å². The van der Waals surface area contributed by atoms with Crippen LogP contribution in [-0.4, -0.2) is 22.0 Å². The summed E-state index contributed by atoms with van der Waals surface area (Å²) in [5.74, 6) is -1.08. The van der Waals surface area contributed by atoms with E-state index in [9.17, 15) is 9.59 Å². The molecule has 6 heteroatoms. The van der Waals surface area contributed by atoms with Crippen molar-refractivity contribution in [3.63, 3.8) is 0 Å². The van der Waals surface area contributed by atoms with Crippen LogP contribution < -0.4 is 5.32 Å². The van der Waals surface area contributed by atoms with Crippen molar-refractivity contribution >= 4 is 28.3 Å². The molecule has 0 aliphatic carbocycles. The number of nitrogens with zero attached hydrogens (tertiary/aromatic N) is 1. The number of thiazole rings is 1. The van der Waals surface area contributed by atoms with Gasteiger partial charge < -0.3 is 10.4 Å². The van der Waals surface area contributed by atoms with Crippen LogP contribution in [0.4, 0.5) is 5.13 Å². The van der Waals surface area contributed by atoms with Gasteiger partial charge in [-0.25, -0.2) is 4.98 Å². The Hall–Kier alpha value is -2.21. The highest BCUT2D eigenvalue weighted by molar-refractivity contribution is 7.16. The lowest BCUT2D eigenvalue weighted by molar-refractivity contribution is -0.137. The van der Waals surface area contributed by atoms with Gasteiger partial charge in [-0.05, 0) is 31.7 Å². The van der Waals surface area contributed by atoms with E-state index in [0.29, 0.717) is 11.6 Å². The monoisotopic (exact) mass is 360 g/mol. The van der Waals surface area contributed by atoms with Crippen molar-refractivity contribution in [1.82, 2.24) is 4.98 Å². The number of unbranched alkanes of at least 4 members (excludes halogenated alkanes) is 1. The van der Waals surface area contributed by atoms with Gasteiger partial charge in [0, 0.05) is 23.3 Å². The maximum Gasteiger partial charge on any atom is 0.303 e. The van der Waals surface area contributed by atoms with Crippen LogP contribution in [0.25, 0.3) is 11.3 Å². The molecule has 1 aromatic heterocycles. The number of aliphatic carboxylic acids is 1. The number of amides is 1. The lowest BCUT2D eigenvalue weighted by Crippen LogP contribution is -2.11. The van der Waals surface area contributed by atoms with Crippen molar-refractivity contribution in [2.24, 2.45) is 0 Å². The summed E-state index contributed by atoms with van der Waals surface area (Å²) in [7, 11) is 0. The van der Waals surface area contributed by atoms with Crippen molar-refractivity contribution in [2.75, 3.05) is 5.32 Å². The quantitative estimate of drug-likeness (QED) is 0.682. The Morgan fingerprint density at radius 2 is 1.88 bits per heavy atom. The zero-order valence-corrected chi connectivity index (χ0v) is 15.5. The Balaban J connectivity index is 1.99. The lowest BCUT2D eigenvalue weighted by Gasteiger charge is -2.03. The molecule has 0 unspecified atom stereocenters. The minimum absolute atomic E-state index is 0.0000528. The van der Waals surface area contributed by atoms with Crippen molar-refractivity contribution in [3.8, 4) is 11.3 Å². The number of nitrogens with one attached hydrogen (secondary N) is 1. The van der Waals surface area contributed by atoms with Crippen LogP contribution in [0.2, 0.25) is 0 Å². The van der Waals surface area contributed by atoms with Crippen LogP contribution in [0.15, 0.2) is 24.3 Å². The highest BCUT2D eigenvalue weighted by Gasteiger charge is 2.12. The summed E-state index contributed by atoms with van der Waals surface area (Å²) in [5, 5.41) is 11.9. The zero-order chi connectivity index (χ0) is 18.2. The maximum atomic E-state index is 11.9. The van der Waals surface area contributed by atoms with E-state index in [0.717, 1.165) is 22.6 Å². The molecule has 2 rings (SSSR count). The minimum Gasteiger partial charge on any atom is -0.481 e. The van der Waals surface area contributed by atoms with E-state index in [-0.39, 0.29) is 18.7 Å². The van der Waals surface area contributed by atoms with E-state index < -0.39 is 5.97 Å². The van der Waals surface area contributed by atoms with Crippen molar-refractivity contribution in [1.29, 1.82) is 0 Å². The predicted octanol–water partition coefficient (Wildman–Crippen LogP) is 4.65.